The van der Waals surface area contributed by atoms with Crippen LogP contribution in [-0.2, 0) is 19.4 Å². The summed E-state index contributed by atoms with van der Waals surface area (Å²) in [5.41, 5.74) is -5.59. The van der Waals surface area contributed by atoms with E-state index in [1.54, 1.807) is 0 Å². The molecule has 0 aliphatic heterocycles. The third kappa shape index (κ3) is 4.26. The van der Waals surface area contributed by atoms with Crippen molar-refractivity contribution in [2.75, 3.05) is 0 Å². The molecule has 3 rings (SSSR count). The standard InChI is InChI=1S/C15H6ClF7N4O4/c1-26-9(14(18,19)20)4-10(28)27(13(26)29)7-3-8(5(16)2-6(7)17)30-12-25-24-11(31-12)15(21,22)23/h2-4H,1H3. The van der Waals surface area contributed by atoms with Gasteiger partial charge in [-0.3, -0.25) is 9.36 Å². The first-order chi connectivity index (χ1) is 14.2. The van der Waals surface area contributed by atoms with Crippen LogP contribution in [0.5, 0.6) is 11.8 Å². The quantitative estimate of drug-likeness (QED) is 0.539. The summed E-state index contributed by atoms with van der Waals surface area (Å²) in [6.45, 7) is 0. The van der Waals surface area contributed by atoms with E-state index < -0.39 is 63.5 Å². The molecule has 0 N–H and O–H groups in total. The maximum absolute atomic E-state index is 14.4. The molecule has 0 radical (unpaired) electrons. The zero-order valence-electron chi connectivity index (χ0n) is 14.7. The van der Waals surface area contributed by atoms with Crippen LogP contribution in [0.25, 0.3) is 5.69 Å². The highest BCUT2D eigenvalue weighted by molar-refractivity contribution is 6.32. The molecule has 2 heterocycles. The fourth-order valence-corrected chi connectivity index (χ4v) is 2.54. The van der Waals surface area contributed by atoms with Crippen LogP contribution in [0, 0.1) is 5.82 Å². The second kappa shape index (κ2) is 7.40. The normalized spacial score (nSPS) is 12.3. The third-order valence-corrected chi connectivity index (χ3v) is 3.99. The molecule has 0 bridgehead atoms. The van der Waals surface area contributed by atoms with Crippen LogP contribution in [0.1, 0.15) is 11.6 Å². The van der Waals surface area contributed by atoms with Gasteiger partial charge in [0.2, 0.25) is 0 Å². The van der Waals surface area contributed by atoms with Gasteiger partial charge >= 0.3 is 30.0 Å². The number of rotatable bonds is 3. The van der Waals surface area contributed by atoms with Crippen molar-refractivity contribution in [3.05, 3.63) is 61.5 Å². The molecule has 0 saturated carbocycles. The number of hydrogen-bond donors (Lipinski definition) is 0. The second-order valence-electron chi connectivity index (χ2n) is 5.75. The molecule has 16 heteroatoms. The van der Waals surface area contributed by atoms with E-state index in [-0.39, 0.29) is 15.2 Å². The number of aromatic nitrogens is 4. The zero-order valence-corrected chi connectivity index (χ0v) is 15.4. The van der Waals surface area contributed by atoms with Gasteiger partial charge in [0.05, 0.1) is 10.7 Å². The maximum atomic E-state index is 14.4. The van der Waals surface area contributed by atoms with E-state index in [1.807, 2.05) is 0 Å². The van der Waals surface area contributed by atoms with E-state index in [1.165, 1.54) is 0 Å². The Morgan fingerprint density at radius 2 is 1.68 bits per heavy atom. The van der Waals surface area contributed by atoms with Gasteiger partial charge < -0.3 is 9.15 Å². The number of ether oxygens (including phenoxy) is 1. The van der Waals surface area contributed by atoms with Gasteiger partial charge in [0.15, 0.2) is 5.75 Å². The molecule has 0 aliphatic carbocycles. The fourth-order valence-electron chi connectivity index (χ4n) is 2.35. The molecule has 0 fully saturated rings. The first-order valence-electron chi connectivity index (χ1n) is 7.68. The largest absolute Gasteiger partial charge is 0.470 e. The summed E-state index contributed by atoms with van der Waals surface area (Å²) in [7, 11) is 0.698. The predicted octanol–water partition coefficient (Wildman–Crippen LogP) is 3.54. The molecule has 8 nitrogen and oxygen atoms in total. The Morgan fingerprint density at radius 1 is 1.03 bits per heavy atom. The Kier molecular flexibility index (Phi) is 5.33. The molecule has 0 spiro atoms. The minimum Gasteiger partial charge on any atom is -0.408 e. The van der Waals surface area contributed by atoms with E-state index in [2.05, 4.69) is 14.6 Å². The van der Waals surface area contributed by atoms with Crippen LogP contribution in [0.15, 0.2) is 32.2 Å². The summed E-state index contributed by atoms with van der Waals surface area (Å²) in [4.78, 5) is 24.4. The molecule has 2 aromatic heterocycles. The minimum atomic E-state index is -5.05. The lowest BCUT2D eigenvalue weighted by molar-refractivity contribution is -0.157. The maximum Gasteiger partial charge on any atom is 0.470 e. The second-order valence-corrected chi connectivity index (χ2v) is 6.16. The lowest BCUT2D eigenvalue weighted by Crippen LogP contribution is -2.41. The van der Waals surface area contributed by atoms with Crippen LogP contribution < -0.4 is 16.0 Å². The molecule has 0 aliphatic rings. The third-order valence-electron chi connectivity index (χ3n) is 3.70. The van der Waals surface area contributed by atoms with Crippen LogP contribution in [0.3, 0.4) is 0 Å². The number of benzene rings is 1. The highest BCUT2D eigenvalue weighted by Gasteiger charge is 2.39. The van der Waals surface area contributed by atoms with Gasteiger partial charge in [-0.05, 0) is 6.07 Å². The Bertz CT molecular complexity index is 1280. The zero-order chi connectivity index (χ0) is 23.3. The molecule has 0 unspecified atom stereocenters. The first kappa shape index (κ1) is 22.3. The van der Waals surface area contributed by atoms with Crippen molar-refractivity contribution >= 4 is 11.6 Å². The Labute approximate surface area is 170 Å². The summed E-state index contributed by atoms with van der Waals surface area (Å²) in [5.74, 6) is -3.73. The van der Waals surface area contributed by atoms with Gasteiger partial charge in [-0.15, -0.1) is 0 Å². The van der Waals surface area contributed by atoms with Gasteiger partial charge in [0.1, 0.15) is 11.5 Å². The van der Waals surface area contributed by atoms with Crippen LogP contribution in [-0.4, -0.2) is 19.3 Å². The van der Waals surface area contributed by atoms with E-state index in [0.717, 1.165) is 0 Å². The van der Waals surface area contributed by atoms with Crippen molar-refractivity contribution in [1.82, 2.24) is 19.3 Å². The molecule has 0 amide bonds. The molecule has 0 saturated heterocycles. The fraction of sp³-hybridized carbons (Fsp3) is 0.200. The van der Waals surface area contributed by atoms with E-state index in [4.69, 9.17) is 16.3 Å². The van der Waals surface area contributed by atoms with Gasteiger partial charge in [0, 0.05) is 19.2 Å². The highest BCUT2D eigenvalue weighted by Crippen LogP contribution is 2.35. The summed E-state index contributed by atoms with van der Waals surface area (Å²) < 4.78 is 99.9. The summed E-state index contributed by atoms with van der Waals surface area (Å²) in [6.07, 6.45) is -11.1. The average Bonchev–Trinajstić information content (AvgIpc) is 3.10. The van der Waals surface area contributed by atoms with Gasteiger partial charge in [-0.25, -0.2) is 13.8 Å². The lowest BCUT2D eigenvalue weighted by atomic mass is 10.2. The lowest BCUT2D eigenvalue weighted by Gasteiger charge is -2.15. The Morgan fingerprint density at radius 3 is 2.23 bits per heavy atom. The van der Waals surface area contributed by atoms with Crippen molar-refractivity contribution in [2.24, 2.45) is 7.05 Å². The van der Waals surface area contributed by atoms with E-state index in [0.29, 0.717) is 19.2 Å². The Balaban J connectivity index is 2.13. The van der Waals surface area contributed by atoms with Gasteiger partial charge in [-0.2, -0.15) is 26.3 Å². The smallest absolute Gasteiger partial charge is 0.408 e. The van der Waals surface area contributed by atoms with Gasteiger partial charge in [0.25, 0.3) is 5.56 Å². The van der Waals surface area contributed by atoms with E-state index >= 15 is 0 Å². The van der Waals surface area contributed by atoms with Gasteiger partial charge in [-0.1, -0.05) is 21.8 Å². The van der Waals surface area contributed by atoms with E-state index in [9.17, 15) is 40.3 Å². The first-order valence-corrected chi connectivity index (χ1v) is 8.06. The molecule has 3 aromatic rings. The van der Waals surface area contributed by atoms with Crippen LogP contribution in [0.2, 0.25) is 5.02 Å². The van der Waals surface area contributed by atoms with Crippen molar-refractivity contribution in [3.8, 4) is 17.5 Å². The SMILES string of the molecule is Cn1c(C(F)(F)F)cc(=O)n(-c2cc(Oc3nnc(C(F)(F)F)o3)c(Cl)cc2F)c1=O. The molecule has 0 atom stereocenters. The average molecular weight is 475 g/mol. The molecule has 1 aromatic carbocycles. The van der Waals surface area contributed by atoms with Crippen molar-refractivity contribution in [3.63, 3.8) is 0 Å². The topological polar surface area (TPSA) is 92.2 Å². The van der Waals surface area contributed by atoms with Crippen molar-refractivity contribution in [2.45, 2.75) is 12.4 Å². The molecule has 166 valence electrons. The summed E-state index contributed by atoms with van der Waals surface area (Å²) in [6, 6.07) is 1.16. The summed E-state index contributed by atoms with van der Waals surface area (Å²) in [5, 5.41) is 5.10. The van der Waals surface area contributed by atoms with Crippen molar-refractivity contribution in [1.29, 1.82) is 0 Å². The Hall–Kier alpha value is -3.36. The number of halogens is 8. The van der Waals surface area contributed by atoms with Crippen LogP contribution >= 0.6 is 11.6 Å². The van der Waals surface area contributed by atoms with Crippen LogP contribution in [0.4, 0.5) is 30.7 Å². The monoisotopic (exact) mass is 474 g/mol. The molecule has 31 heavy (non-hydrogen) atoms. The molecular formula is C15H6ClF7N4O4. The highest BCUT2D eigenvalue weighted by atomic mass is 35.5. The predicted molar refractivity (Wildman–Crippen MR) is 86.6 cm³/mol. The number of nitrogens with zero attached hydrogens (tertiary/aromatic N) is 4. The molecular weight excluding hydrogens is 469 g/mol. The number of alkyl halides is 6. The summed E-state index contributed by atoms with van der Waals surface area (Å²) >= 11 is 5.73. The van der Waals surface area contributed by atoms with Crippen molar-refractivity contribution < 1.29 is 39.9 Å². The number of hydrogen-bond acceptors (Lipinski definition) is 6. The minimum absolute atomic E-state index is 0.0444.